The number of carbonyl (C=O) groups is 1. The van der Waals surface area contributed by atoms with Gasteiger partial charge < -0.3 is 14.2 Å². The summed E-state index contributed by atoms with van der Waals surface area (Å²) in [7, 11) is 0. The lowest BCUT2D eigenvalue weighted by Crippen LogP contribution is -2.12. The lowest BCUT2D eigenvalue weighted by atomic mass is 10.0. The van der Waals surface area contributed by atoms with E-state index in [1.807, 2.05) is 6.92 Å². The summed E-state index contributed by atoms with van der Waals surface area (Å²) in [5.41, 5.74) is 0.766. The zero-order valence-electron chi connectivity index (χ0n) is 20.7. The monoisotopic (exact) mass is 518 g/mol. The second-order valence-corrected chi connectivity index (χ2v) is 8.23. The van der Waals surface area contributed by atoms with Gasteiger partial charge in [-0.3, -0.25) is 0 Å². The first-order chi connectivity index (χ1) is 18.4. The lowest BCUT2D eigenvalue weighted by molar-refractivity contribution is 0.0728. The van der Waals surface area contributed by atoms with E-state index in [0.717, 1.165) is 0 Å². The maximum absolute atomic E-state index is 14.8. The number of halogens is 3. The molecule has 4 nitrogen and oxygen atoms in total. The van der Waals surface area contributed by atoms with Gasteiger partial charge in [0.2, 0.25) is 0 Å². The van der Waals surface area contributed by atoms with Crippen LogP contribution in [0.2, 0.25) is 0 Å². The number of esters is 1. The van der Waals surface area contributed by atoms with Crippen LogP contribution in [0, 0.1) is 17.5 Å². The lowest BCUT2D eigenvalue weighted by Gasteiger charge is -2.11. The van der Waals surface area contributed by atoms with E-state index in [4.69, 9.17) is 14.2 Å². The molecule has 0 heterocycles. The largest absolute Gasteiger partial charge is 0.494 e. The summed E-state index contributed by atoms with van der Waals surface area (Å²) in [6.07, 6.45) is 2.36. The molecule has 0 spiro atoms. The van der Waals surface area contributed by atoms with Gasteiger partial charge in [-0.05, 0) is 66.9 Å². The van der Waals surface area contributed by atoms with Gasteiger partial charge in [-0.1, -0.05) is 36.4 Å². The van der Waals surface area contributed by atoms with Crippen molar-refractivity contribution in [3.63, 3.8) is 0 Å². The molecule has 0 atom stereocenters. The Morgan fingerprint density at radius 2 is 1.37 bits per heavy atom. The normalized spacial score (nSPS) is 10.6. The van der Waals surface area contributed by atoms with Crippen molar-refractivity contribution in [1.82, 2.24) is 0 Å². The van der Waals surface area contributed by atoms with Gasteiger partial charge in [0, 0.05) is 17.2 Å². The highest BCUT2D eigenvalue weighted by molar-refractivity contribution is 5.92. The molecular weight excluding hydrogens is 493 g/mol. The van der Waals surface area contributed by atoms with Crippen LogP contribution >= 0.6 is 0 Å². The zero-order valence-corrected chi connectivity index (χ0v) is 20.7. The number of carbonyl (C=O) groups excluding carboxylic acids is 1. The van der Waals surface area contributed by atoms with E-state index in [2.05, 4.69) is 6.58 Å². The molecule has 7 heteroatoms. The molecule has 0 aliphatic heterocycles. The van der Waals surface area contributed by atoms with Crippen molar-refractivity contribution in [2.24, 2.45) is 0 Å². The second-order valence-electron chi connectivity index (χ2n) is 8.23. The first-order valence-corrected chi connectivity index (χ1v) is 12.0. The third-order valence-electron chi connectivity index (χ3n) is 5.69. The highest BCUT2D eigenvalue weighted by atomic mass is 19.2. The summed E-state index contributed by atoms with van der Waals surface area (Å²) in [6, 6.07) is 19.6. The van der Waals surface area contributed by atoms with Gasteiger partial charge in [-0.15, -0.1) is 6.58 Å². The molecule has 0 aliphatic carbocycles. The maximum atomic E-state index is 14.8. The van der Waals surface area contributed by atoms with Crippen LogP contribution in [0.15, 0.2) is 91.5 Å². The average molecular weight is 519 g/mol. The maximum Gasteiger partial charge on any atom is 0.346 e. The summed E-state index contributed by atoms with van der Waals surface area (Å²) in [5.74, 6) is -2.89. The Bertz CT molecular complexity index is 1430. The molecule has 0 bridgehead atoms. The Balaban J connectivity index is 1.46. The van der Waals surface area contributed by atoms with E-state index < -0.39 is 29.0 Å². The van der Waals surface area contributed by atoms with Crippen molar-refractivity contribution in [1.29, 1.82) is 0 Å². The summed E-state index contributed by atoms with van der Waals surface area (Å²) in [6.45, 7) is 6.34. The molecule has 0 unspecified atom stereocenters. The third kappa shape index (κ3) is 6.06. The molecule has 0 fully saturated rings. The Labute approximate surface area is 218 Å². The fourth-order valence-electron chi connectivity index (χ4n) is 3.77. The van der Waals surface area contributed by atoms with Crippen LogP contribution in [0.5, 0.6) is 17.2 Å². The smallest absolute Gasteiger partial charge is 0.346 e. The standard InChI is InChI=1S/C31H25F3O4/c1-3-5-18-37-24-14-15-25(28(32)19-24)20-8-12-23(13-9-20)38-31(35)27-17-16-26(29(33)30(27)34)21-6-10-22(11-7-21)36-4-2/h3,6-17,19H,1,4-5,18H2,2H3. The van der Waals surface area contributed by atoms with Crippen LogP contribution in [0.25, 0.3) is 22.3 Å². The van der Waals surface area contributed by atoms with E-state index in [-0.39, 0.29) is 11.3 Å². The van der Waals surface area contributed by atoms with Crippen molar-refractivity contribution in [3.8, 4) is 39.5 Å². The molecule has 0 amide bonds. The molecule has 0 radical (unpaired) electrons. The molecular formula is C31H25F3O4. The van der Waals surface area contributed by atoms with Crippen molar-refractivity contribution in [3.05, 3.63) is 115 Å². The quantitative estimate of drug-likeness (QED) is 0.0923. The van der Waals surface area contributed by atoms with Crippen LogP contribution < -0.4 is 14.2 Å². The van der Waals surface area contributed by atoms with Gasteiger partial charge in [0.15, 0.2) is 11.6 Å². The SMILES string of the molecule is C=CCCOc1ccc(-c2ccc(OC(=O)c3ccc(-c4ccc(OCC)cc4)c(F)c3F)cc2)c(F)c1. The minimum Gasteiger partial charge on any atom is -0.494 e. The summed E-state index contributed by atoms with van der Waals surface area (Å²) >= 11 is 0. The number of benzene rings is 4. The van der Waals surface area contributed by atoms with E-state index in [1.54, 1.807) is 54.6 Å². The molecule has 0 saturated carbocycles. The first kappa shape index (κ1) is 26.5. The molecule has 0 aromatic heterocycles. The van der Waals surface area contributed by atoms with Crippen molar-refractivity contribution in [2.45, 2.75) is 13.3 Å². The molecule has 0 saturated heterocycles. The number of ether oxygens (including phenoxy) is 3. The summed E-state index contributed by atoms with van der Waals surface area (Å²) in [4.78, 5) is 12.6. The van der Waals surface area contributed by atoms with Crippen LogP contribution in [0.3, 0.4) is 0 Å². The third-order valence-corrected chi connectivity index (χ3v) is 5.69. The Morgan fingerprint density at radius 3 is 2.00 bits per heavy atom. The van der Waals surface area contributed by atoms with E-state index in [9.17, 15) is 18.0 Å². The molecule has 38 heavy (non-hydrogen) atoms. The minimum atomic E-state index is -1.31. The van der Waals surface area contributed by atoms with E-state index in [1.165, 1.54) is 30.3 Å². The van der Waals surface area contributed by atoms with Crippen LogP contribution in [-0.2, 0) is 0 Å². The molecule has 4 rings (SSSR count). The minimum absolute atomic E-state index is 0.00519. The van der Waals surface area contributed by atoms with Crippen LogP contribution in [0.4, 0.5) is 13.2 Å². The highest BCUT2D eigenvalue weighted by Crippen LogP contribution is 2.30. The summed E-state index contributed by atoms with van der Waals surface area (Å²) < 4.78 is 60.3. The van der Waals surface area contributed by atoms with E-state index in [0.29, 0.717) is 47.8 Å². The number of hydrogen-bond donors (Lipinski definition) is 0. The van der Waals surface area contributed by atoms with Gasteiger partial charge >= 0.3 is 5.97 Å². The molecule has 0 aliphatic rings. The van der Waals surface area contributed by atoms with Crippen molar-refractivity contribution in [2.75, 3.05) is 13.2 Å². The van der Waals surface area contributed by atoms with Crippen LogP contribution in [-0.4, -0.2) is 19.2 Å². The first-order valence-electron chi connectivity index (χ1n) is 12.0. The van der Waals surface area contributed by atoms with Crippen LogP contribution in [0.1, 0.15) is 23.7 Å². The van der Waals surface area contributed by atoms with Gasteiger partial charge in [0.1, 0.15) is 23.1 Å². The van der Waals surface area contributed by atoms with Gasteiger partial charge in [-0.25, -0.2) is 18.0 Å². The predicted octanol–water partition coefficient (Wildman–Crippen LogP) is 8.01. The Morgan fingerprint density at radius 1 is 0.763 bits per heavy atom. The molecule has 0 N–H and O–H groups in total. The fraction of sp³-hybridized carbons (Fsp3) is 0.129. The van der Waals surface area contributed by atoms with Gasteiger partial charge in [0.25, 0.3) is 0 Å². The van der Waals surface area contributed by atoms with Gasteiger partial charge in [0.05, 0.1) is 18.8 Å². The Kier molecular flexibility index (Phi) is 8.48. The summed E-state index contributed by atoms with van der Waals surface area (Å²) in [5, 5.41) is 0. The predicted molar refractivity (Wildman–Crippen MR) is 140 cm³/mol. The average Bonchev–Trinajstić information content (AvgIpc) is 2.92. The molecule has 4 aromatic rings. The Hall–Kier alpha value is -4.52. The highest BCUT2D eigenvalue weighted by Gasteiger charge is 2.21. The molecule has 4 aromatic carbocycles. The van der Waals surface area contributed by atoms with Crippen molar-refractivity contribution < 1.29 is 32.2 Å². The van der Waals surface area contributed by atoms with Crippen molar-refractivity contribution >= 4 is 5.97 Å². The second kappa shape index (κ2) is 12.1. The zero-order chi connectivity index (χ0) is 27.1. The number of rotatable bonds is 10. The van der Waals surface area contributed by atoms with Gasteiger partial charge in [-0.2, -0.15) is 0 Å². The number of hydrogen-bond acceptors (Lipinski definition) is 4. The fourth-order valence-corrected chi connectivity index (χ4v) is 3.77. The topological polar surface area (TPSA) is 44.8 Å². The molecule has 194 valence electrons. The van der Waals surface area contributed by atoms with E-state index >= 15 is 0 Å².